The molecule has 100 valence electrons. The molecular weight excluding hydrogens is 270 g/mol. The van der Waals surface area contributed by atoms with Crippen LogP contribution in [-0.4, -0.2) is 35.0 Å². The lowest BCUT2D eigenvalue weighted by Crippen LogP contribution is -2.41. The van der Waals surface area contributed by atoms with E-state index >= 15 is 0 Å². The summed E-state index contributed by atoms with van der Waals surface area (Å²) in [6.07, 6.45) is 3.12. The van der Waals surface area contributed by atoms with E-state index in [0.717, 1.165) is 12.0 Å². The predicted molar refractivity (Wildman–Crippen MR) is 75.6 cm³/mol. The molecule has 1 amide bonds. The van der Waals surface area contributed by atoms with Gasteiger partial charge in [0.2, 0.25) is 0 Å². The summed E-state index contributed by atoms with van der Waals surface area (Å²) in [5.41, 5.74) is 0.964. The summed E-state index contributed by atoms with van der Waals surface area (Å²) in [6.45, 7) is 1.97. The average molecular weight is 287 g/mol. The van der Waals surface area contributed by atoms with Gasteiger partial charge in [0.1, 0.15) is 6.04 Å². The van der Waals surface area contributed by atoms with E-state index in [9.17, 15) is 9.59 Å². The van der Waals surface area contributed by atoms with E-state index in [2.05, 4.69) is 5.32 Å². The Hall–Kier alpha value is -1.01. The molecule has 0 aliphatic rings. The van der Waals surface area contributed by atoms with E-state index in [4.69, 9.17) is 5.11 Å². The van der Waals surface area contributed by atoms with Crippen molar-refractivity contribution >= 4 is 35.0 Å². The number of carbonyl (C=O) groups excluding carboxylic acids is 1. The van der Waals surface area contributed by atoms with E-state index in [1.54, 1.807) is 11.8 Å². The number of amides is 1. The second-order valence-corrected chi connectivity index (χ2v) is 5.68. The Balaban J connectivity index is 2.69. The van der Waals surface area contributed by atoms with E-state index in [0.29, 0.717) is 17.1 Å². The van der Waals surface area contributed by atoms with Crippen molar-refractivity contribution in [2.24, 2.45) is 0 Å². The van der Waals surface area contributed by atoms with E-state index in [1.165, 1.54) is 11.3 Å². The zero-order valence-corrected chi connectivity index (χ0v) is 12.1. The highest BCUT2D eigenvalue weighted by atomic mass is 32.2. The molecule has 0 aliphatic carbocycles. The molecule has 0 saturated carbocycles. The van der Waals surface area contributed by atoms with Gasteiger partial charge in [-0.05, 0) is 41.9 Å². The standard InChI is InChI=1S/C12H17NO3S2/c1-3-8-4-7-18-10(8)11(14)13-9(12(15)16)5-6-17-2/h4,7,9H,3,5-6H2,1-2H3,(H,13,14)(H,15,16)/t9-/m0/s1. The van der Waals surface area contributed by atoms with Crippen LogP contribution in [0.3, 0.4) is 0 Å². The highest BCUT2D eigenvalue weighted by Gasteiger charge is 2.21. The Labute approximate surface area is 115 Å². The lowest BCUT2D eigenvalue weighted by atomic mass is 10.2. The van der Waals surface area contributed by atoms with Crippen molar-refractivity contribution in [2.45, 2.75) is 25.8 Å². The van der Waals surface area contributed by atoms with Crippen molar-refractivity contribution in [1.29, 1.82) is 0 Å². The molecule has 1 heterocycles. The molecule has 0 radical (unpaired) electrons. The second kappa shape index (κ2) is 7.43. The van der Waals surface area contributed by atoms with E-state index in [-0.39, 0.29) is 5.91 Å². The number of carboxylic acids is 1. The zero-order valence-electron chi connectivity index (χ0n) is 10.4. The van der Waals surface area contributed by atoms with Crippen molar-refractivity contribution in [3.05, 3.63) is 21.9 Å². The Bertz CT molecular complexity index is 417. The molecule has 6 heteroatoms. The van der Waals surface area contributed by atoms with Crippen molar-refractivity contribution in [2.75, 3.05) is 12.0 Å². The van der Waals surface area contributed by atoms with E-state index < -0.39 is 12.0 Å². The molecule has 0 unspecified atom stereocenters. The first-order valence-electron chi connectivity index (χ1n) is 5.69. The van der Waals surface area contributed by atoms with Crippen molar-refractivity contribution in [1.82, 2.24) is 5.32 Å². The normalized spacial score (nSPS) is 12.1. The lowest BCUT2D eigenvalue weighted by Gasteiger charge is -2.13. The molecule has 4 nitrogen and oxygen atoms in total. The van der Waals surface area contributed by atoms with Gasteiger partial charge in [0.05, 0.1) is 4.88 Å². The van der Waals surface area contributed by atoms with Gasteiger partial charge in [0.15, 0.2) is 0 Å². The Kier molecular flexibility index (Phi) is 6.21. The van der Waals surface area contributed by atoms with Gasteiger partial charge in [-0.15, -0.1) is 11.3 Å². The largest absolute Gasteiger partial charge is 0.480 e. The molecule has 0 saturated heterocycles. The van der Waals surface area contributed by atoms with Crippen LogP contribution in [0.2, 0.25) is 0 Å². The third-order valence-electron chi connectivity index (χ3n) is 2.55. The van der Waals surface area contributed by atoms with Crippen LogP contribution in [0.5, 0.6) is 0 Å². The number of thioether (sulfide) groups is 1. The minimum absolute atomic E-state index is 0.282. The van der Waals surface area contributed by atoms with Gasteiger partial charge in [-0.1, -0.05) is 6.92 Å². The van der Waals surface area contributed by atoms with Crippen LogP contribution in [0.4, 0.5) is 0 Å². The van der Waals surface area contributed by atoms with Gasteiger partial charge in [-0.3, -0.25) is 4.79 Å². The Morgan fingerprint density at radius 3 is 2.83 bits per heavy atom. The number of hydrogen-bond donors (Lipinski definition) is 2. The molecule has 2 N–H and O–H groups in total. The van der Waals surface area contributed by atoms with E-state index in [1.807, 2.05) is 24.6 Å². The van der Waals surface area contributed by atoms with Crippen molar-refractivity contribution < 1.29 is 14.7 Å². The minimum Gasteiger partial charge on any atom is -0.480 e. The van der Waals surface area contributed by atoms with Crippen LogP contribution in [-0.2, 0) is 11.2 Å². The van der Waals surface area contributed by atoms with Crippen LogP contribution in [0.15, 0.2) is 11.4 Å². The quantitative estimate of drug-likeness (QED) is 0.807. The van der Waals surface area contributed by atoms with Gasteiger partial charge in [-0.2, -0.15) is 11.8 Å². The number of aryl methyl sites for hydroxylation is 1. The van der Waals surface area contributed by atoms with Gasteiger partial charge < -0.3 is 10.4 Å². The molecule has 18 heavy (non-hydrogen) atoms. The number of nitrogens with one attached hydrogen (secondary N) is 1. The fraction of sp³-hybridized carbons (Fsp3) is 0.500. The Morgan fingerprint density at radius 2 is 2.28 bits per heavy atom. The minimum atomic E-state index is -0.980. The van der Waals surface area contributed by atoms with Crippen molar-refractivity contribution in [3.63, 3.8) is 0 Å². The monoisotopic (exact) mass is 287 g/mol. The molecular formula is C12H17NO3S2. The topological polar surface area (TPSA) is 66.4 Å². The highest BCUT2D eigenvalue weighted by molar-refractivity contribution is 7.98. The maximum Gasteiger partial charge on any atom is 0.326 e. The summed E-state index contributed by atoms with van der Waals surface area (Å²) in [5, 5.41) is 13.5. The first-order chi connectivity index (χ1) is 8.60. The first-order valence-corrected chi connectivity index (χ1v) is 7.96. The van der Waals surface area contributed by atoms with Crippen LogP contribution in [0, 0.1) is 0 Å². The number of rotatable bonds is 7. The molecule has 0 aliphatic heterocycles. The van der Waals surface area contributed by atoms with Crippen LogP contribution >= 0.6 is 23.1 Å². The summed E-state index contributed by atoms with van der Waals surface area (Å²) < 4.78 is 0. The average Bonchev–Trinajstić information content (AvgIpc) is 2.82. The molecule has 1 aromatic heterocycles. The first kappa shape index (κ1) is 15.0. The summed E-state index contributed by atoms with van der Waals surface area (Å²) in [4.78, 5) is 23.7. The summed E-state index contributed by atoms with van der Waals surface area (Å²) in [5.74, 6) is -0.551. The molecule has 1 atom stereocenters. The third-order valence-corrected chi connectivity index (χ3v) is 4.15. The van der Waals surface area contributed by atoms with Gasteiger partial charge in [-0.25, -0.2) is 4.79 Å². The fourth-order valence-corrected chi connectivity index (χ4v) is 2.90. The maximum absolute atomic E-state index is 12.0. The number of carbonyl (C=O) groups is 2. The zero-order chi connectivity index (χ0) is 13.5. The number of aliphatic carboxylic acids is 1. The fourth-order valence-electron chi connectivity index (χ4n) is 1.53. The van der Waals surface area contributed by atoms with Crippen LogP contribution in [0.1, 0.15) is 28.6 Å². The van der Waals surface area contributed by atoms with Crippen LogP contribution < -0.4 is 5.32 Å². The van der Waals surface area contributed by atoms with Gasteiger partial charge in [0, 0.05) is 0 Å². The lowest BCUT2D eigenvalue weighted by molar-refractivity contribution is -0.139. The predicted octanol–water partition coefficient (Wildman–Crippen LogP) is 2.25. The summed E-state index contributed by atoms with van der Waals surface area (Å²) in [6, 6.07) is 1.09. The molecule has 1 rings (SSSR count). The molecule has 0 bridgehead atoms. The van der Waals surface area contributed by atoms with Gasteiger partial charge in [0.25, 0.3) is 5.91 Å². The second-order valence-electron chi connectivity index (χ2n) is 3.77. The highest BCUT2D eigenvalue weighted by Crippen LogP contribution is 2.17. The number of thiophene rings is 1. The smallest absolute Gasteiger partial charge is 0.326 e. The molecule has 1 aromatic rings. The molecule has 0 fully saturated rings. The summed E-state index contributed by atoms with van der Waals surface area (Å²) >= 11 is 2.92. The third kappa shape index (κ3) is 4.03. The van der Waals surface area contributed by atoms with Crippen LogP contribution in [0.25, 0.3) is 0 Å². The molecule has 0 aromatic carbocycles. The number of hydrogen-bond acceptors (Lipinski definition) is 4. The van der Waals surface area contributed by atoms with Gasteiger partial charge >= 0.3 is 5.97 Å². The van der Waals surface area contributed by atoms with Crippen molar-refractivity contribution in [3.8, 4) is 0 Å². The number of carboxylic acid groups (broad SMARTS) is 1. The maximum atomic E-state index is 12.0. The Morgan fingerprint density at radius 1 is 1.56 bits per heavy atom. The SMILES string of the molecule is CCc1ccsc1C(=O)N[C@@H](CCSC)C(=O)O. The summed E-state index contributed by atoms with van der Waals surface area (Å²) in [7, 11) is 0. The molecule has 0 spiro atoms.